The van der Waals surface area contributed by atoms with Gasteiger partial charge in [-0.1, -0.05) is 20.8 Å². The summed E-state index contributed by atoms with van der Waals surface area (Å²) in [6.07, 6.45) is 1.92. The molecule has 0 aromatic rings. The number of hydrogen-bond acceptors (Lipinski definition) is 4. The van der Waals surface area contributed by atoms with E-state index >= 15 is 0 Å². The topological polar surface area (TPSA) is 61.4 Å². The molecule has 21 heavy (non-hydrogen) atoms. The summed E-state index contributed by atoms with van der Waals surface area (Å²) >= 11 is 1.66. The van der Waals surface area contributed by atoms with Gasteiger partial charge in [-0.05, 0) is 26.3 Å². The summed E-state index contributed by atoms with van der Waals surface area (Å²) in [4.78, 5) is 26.7. The molecule has 2 aliphatic heterocycles. The number of piperidine rings is 1. The van der Waals surface area contributed by atoms with Crippen LogP contribution in [0.5, 0.6) is 0 Å². The zero-order chi connectivity index (χ0) is 15.6. The number of rotatable bonds is 2. The van der Waals surface area contributed by atoms with Crippen molar-refractivity contribution >= 4 is 23.6 Å². The first-order valence-electron chi connectivity index (χ1n) is 7.71. The van der Waals surface area contributed by atoms with E-state index in [1.807, 2.05) is 20.8 Å². The summed E-state index contributed by atoms with van der Waals surface area (Å²) in [5.74, 6) is 1.40. The van der Waals surface area contributed by atoms with Gasteiger partial charge in [-0.2, -0.15) is 0 Å². The van der Waals surface area contributed by atoms with Crippen LogP contribution in [0.25, 0.3) is 0 Å². The van der Waals surface area contributed by atoms with Gasteiger partial charge in [0.25, 0.3) is 0 Å². The standard InChI is InChI=1S/C15H27N3O2S/c1-10-7-11(5-6-16-10)17-13(19)12-8-21-9-18(12)14(20)15(2,3)4/h10-12,16H,5-9H2,1-4H3,(H,17,19). The largest absolute Gasteiger partial charge is 0.351 e. The van der Waals surface area contributed by atoms with Gasteiger partial charge in [0.15, 0.2) is 0 Å². The number of nitrogens with zero attached hydrogens (tertiary/aromatic N) is 1. The van der Waals surface area contributed by atoms with Gasteiger partial charge in [0, 0.05) is 23.3 Å². The summed E-state index contributed by atoms with van der Waals surface area (Å²) in [6.45, 7) is 8.79. The van der Waals surface area contributed by atoms with Gasteiger partial charge in [-0.15, -0.1) is 11.8 Å². The molecule has 0 radical (unpaired) electrons. The molecule has 3 unspecified atom stereocenters. The monoisotopic (exact) mass is 313 g/mol. The molecule has 0 spiro atoms. The minimum Gasteiger partial charge on any atom is -0.351 e. The maximum Gasteiger partial charge on any atom is 0.243 e. The van der Waals surface area contributed by atoms with Crippen LogP contribution < -0.4 is 10.6 Å². The lowest BCUT2D eigenvalue weighted by Gasteiger charge is -2.32. The van der Waals surface area contributed by atoms with Crippen molar-refractivity contribution in [2.75, 3.05) is 18.2 Å². The van der Waals surface area contributed by atoms with Crippen molar-refractivity contribution in [1.82, 2.24) is 15.5 Å². The van der Waals surface area contributed by atoms with Crippen LogP contribution in [-0.4, -0.2) is 53.0 Å². The normalized spacial score (nSPS) is 30.3. The molecule has 2 heterocycles. The van der Waals surface area contributed by atoms with Crippen LogP contribution in [0.3, 0.4) is 0 Å². The van der Waals surface area contributed by atoms with Crippen molar-refractivity contribution in [3.63, 3.8) is 0 Å². The highest BCUT2D eigenvalue weighted by atomic mass is 32.2. The molecule has 0 aromatic carbocycles. The van der Waals surface area contributed by atoms with Crippen LogP contribution in [0.1, 0.15) is 40.5 Å². The lowest BCUT2D eigenvalue weighted by molar-refractivity contribution is -0.144. The smallest absolute Gasteiger partial charge is 0.243 e. The van der Waals surface area contributed by atoms with E-state index in [2.05, 4.69) is 17.6 Å². The van der Waals surface area contributed by atoms with E-state index < -0.39 is 5.41 Å². The first-order chi connectivity index (χ1) is 9.79. The fraction of sp³-hybridized carbons (Fsp3) is 0.867. The summed E-state index contributed by atoms with van der Waals surface area (Å²) in [6, 6.07) is 0.354. The summed E-state index contributed by atoms with van der Waals surface area (Å²) in [5.41, 5.74) is -0.438. The maximum absolute atomic E-state index is 12.5. The second-order valence-electron chi connectivity index (χ2n) is 7.13. The number of nitrogens with one attached hydrogen (secondary N) is 2. The summed E-state index contributed by atoms with van der Waals surface area (Å²) in [5, 5.41) is 6.52. The van der Waals surface area contributed by atoms with Crippen LogP contribution >= 0.6 is 11.8 Å². The maximum atomic E-state index is 12.5. The van der Waals surface area contributed by atoms with Crippen molar-refractivity contribution in [1.29, 1.82) is 0 Å². The molecule has 120 valence electrons. The van der Waals surface area contributed by atoms with Gasteiger partial charge in [0.1, 0.15) is 6.04 Å². The zero-order valence-corrected chi connectivity index (χ0v) is 14.3. The SMILES string of the molecule is CC1CC(NC(=O)C2CSCN2C(=O)C(C)(C)C)CCN1. The Morgan fingerprint density at radius 3 is 2.67 bits per heavy atom. The minimum absolute atomic E-state index is 0.0108. The van der Waals surface area contributed by atoms with E-state index in [4.69, 9.17) is 0 Å². The predicted octanol–water partition coefficient (Wildman–Crippen LogP) is 1.19. The molecule has 0 saturated carbocycles. The molecule has 2 aliphatic rings. The Bertz CT molecular complexity index is 408. The fourth-order valence-corrected chi connectivity index (χ4v) is 4.01. The summed E-state index contributed by atoms with van der Waals surface area (Å²) in [7, 11) is 0. The fourth-order valence-electron chi connectivity index (χ4n) is 2.85. The van der Waals surface area contributed by atoms with Crippen LogP contribution in [0.2, 0.25) is 0 Å². The number of thioether (sulfide) groups is 1. The number of amides is 2. The van der Waals surface area contributed by atoms with E-state index in [-0.39, 0.29) is 23.9 Å². The predicted molar refractivity (Wildman–Crippen MR) is 86.0 cm³/mol. The highest BCUT2D eigenvalue weighted by Gasteiger charge is 2.39. The van der Waals surface area contributed by atoms with Crippen molar-refractivity contribution in [2.24, 2.45) is 5.41 Å². The zero-order valence-electron chi connectivity index (χ0n) is 13.4. The van der Waals surface area contributed by atoms with E-state index in [1.54, 1.807) is 16.7 Å². The van der Waals surface area contributed by atoms with E-state index in [0.29, 0.717) is 17.7 Å². The molecular weight excluding hydrogens is 286 g/mol. The highest BCUT2D eigenvalue weighted by molar-refractivity contribution is 7.99. The number of carbonyl (C=O) groups excluding carboxylic acids is 2. The number of hydrogen-bond donors (Lipinski definition) is 2. The van der Waals surface area contributed by atoms with Gasteiger partial charge in [0.05, 0.1) is 5.88 Å². The Labute approximate surface area is 131 Å². The molecule has 5 nitrogen and oxygen atoms in total. The Morgan fingerprint density at radius 1 is 1.33 bits per heavy atom. The third-order valence-electron chi connectivity index (χ3n) is 4.06. The quantitative estimate of drug-likeness (QED) is 0.804. The molecule has 2 rings (SSSR count). The van der Waals surface area contributed by atoms with Crippen molar-refractivity contribution in [3.05, 3.63) is 0 Å². The lowest BCUT2D eigenvalue weighted by Crippen LogP contribution is -2.54. The first kappa shape index (κ1) is 16.6. The third-order valence-corrected chi connectivity index (χ3v) is 5.07. The average molecular weight is 313 g/mol. The Kier molecular flexibility index (Phi) is 5.20. The molecular formula is C15H27N3O2S. The van der Waals surface area contributed by atoms with Crippen molar-refractivity contribution in [3.8, 4) is 0 Å². The third kappa shape index (κ3) is 4.13. The van der Waals surface area contributed by atoms with Crippen molar-refractivity contribution < 1.29 is 9.59 Å². The van der Waals surface area contributed by atoms with Crippen LogP contribution in [-0.2, 0) is 9.59 Å². The Hall–Kier alpha value is -0.750. The molecule has 0 bridgehead atoms. The highest BCUT2D eigenvalue weighted by Crippen LogP contribution is 2.27. The Balaban J connectivity index is 1.96. The van der Waals surface area contributed by atoms with Crippen LogP contribution in [0, 0.1) is 5.41 Å². The van der Waals surface area contributed by atoms with Gasteiger partial charge < -0.3 is 15.5 Å². The molecule has 3 atom stereocenters. The summed E-state index contributed by atoms with van der Waals surface area (Å²) < 4.78 is 0. The second kappa shape index (κ2) is 6.57. The molecule has 2 saturated heterocycles. The van der Waals surface area contributed by atoms with E-state index in [0.717, 1.165) is 19.4 Å². The first-order valence-corrected chi connectivity index (χ1v) is 8.87. The van der Waals surface area contributed by atoms with E-state index in [1.165, 1.54) is 0 Å². The molecule has 0 aromatic heterocycles. The lowest BCUT2D eigenvalue weighted by atomic mass is 9.94. The Morgan fingerprint density at radius 2 is 2.05 bits per heavy atom. The second-order valence-corrected chi connectivity index (χ2v) is 8.13. The van der Waals surface area contributed by atoms with Gasteiger partial charge in [0.2, 0.25) is 11.8 Å². The molecule has 0 aliphatic carbocycles. The van der Waals surface area contributed by atoms with Gasteiger partial charge in [-0.25, -0.2) is 0 Å². The van der Waals surface area contributed by atoms with Crippen molar-refractivity contribution in [2.45, 2.75) is 58.7 Å². The van der Waals surface area contributed by atoms with Gasteiger partial charge >= 0.3 is 0 Å². The van der Waals surface area contributed by atoms with Crippen LogP contribution in [0.15, 0.2) is 0 Å². The van der Waals surface area contributed by atoms with E-state index in [9.17, 15) is 9.59 Å². The molecule has 6 heteroatoms. The average Bonchev–Trinajstić information content (AvgIpc) is 2.85. The van der Waals surface area contributed by atoms with Gasteiger partial charge in [-0.3, -0.25) is 9.59 Å². The van der Waals surface area contributed by atoms with Crippen LogP contribution in [0.4, 0.5) is 0 Å². The minimum atomic E-state index is -0.438. The molecule has 2 fully saturated rings. The molecule has 2 N–H and O–H groups in total. The molecule has 2 amide bonds. The number of carbonyl (C=O) groups is 2.